The van der Waals surface area contributed by atoms with E-state index < -0.39 is 0 Å². The fraction of sp³-hybridized carbons (Fsp3) is 0.625. The van der Waals surface area contributed by atoms with Gasteiger partial charge >= 0.3 is 0 Å². The Morgan fingerprint density at radius 3 is 2.37 bits per heavy atom. The normalized spacial score (nSPS) is 15.8. The average molecular weight is 265 g/mol. The van der Waals surface area contributed by atoms with Crippen LogP contribution in [0.4, 0.5) is 0 Å². The van der Waals surface area contributed by atoms with E-state index in [4.69, 9.17) is 4.74 Å². The molecule has 0 saturated heterocycles. The smallest absolute Gasteiger partial charge is 0.119 e. The summed E-state index contributed by atoms with van der Waals surface area (Å²) in [6.45, 7) is 10.1. The zero-order valence-electron chi connectivity index (χ0n) is 12.6. The number of nitrogens with one attached hydrogen (secondary N) is 1. The first-order valence-corrected chi connectivity index (χ1v) is 7.11. The number of hydrogen-bond donors (Lipinski definition) is 2. The summed E-state index contributed by atoms with van der Waals surface area (Å²) in [5.74, 6) is 0.909. The van der Waals surface area contributed by atoms with E-state index in [1.54, 1.807) is 0 Å². The summed E-state index contributed by atoms with van der Waals surface area (Å²) < 4.78 is 5.44. The van der Waals surface area contributed by atoms with Gasteiger partial charge in [0, 0.05) is 24.6 Å². The maximum Gasteiger partial charge on any atom is 0.119 e. The van der Waals surface area contributed by atoms with Gasteiger partial charge < -0.3 is 15.2 Å². The molecular weight excluding hydrogens is 238 g/mol. The van der Waals surface area contributed by atoms with E-state index in [2.05, 4.69) is 38.2 Å². The van der Waals surface area contributed by atoms with Gasteiger partial charge in [0.25, 0.3) is 0 Å². The predicted octanol–water partition coefficient (Wildman–Crippen LogP) is 3.14. The maximum atomic E-state index is 9.41. The van der Waals surface area contributed by atoms with E-state index in [0.717, 1.165) is 18.7 Å². The molecule has 0 spiro atoms. The summed E-state index contributed by atoms with van der Waals surface area (Å²) in [5, 5.41) is 12.9. The third-order valence-electron chi connectivity index (χ3n) is 3.76. The van der Waals surface area contributed by atoms with Crippen molar-refractivity contribution in [3.8, 4) is 5.75 Å². The lowest BCUT2D eigenvalue weighted by molar-refractivity contribution is 0.132. The first-order chi connectivity index (χ1) is 9.04. The highest BCUT2D eigenvalue weighted by molar-refractivity contribution is 5.28. The predicted molar refractivity (Wildman–Crippen MR) is 79.5 cm³/mol. The molecule has 0 aliphatic carbocycles. The zero-order chi connectivity index (χ0) is 14.3. The van der Waals surface area contributed by atoms with Crippen molar-refractivity contribution in [1.82, 2.24) is 5.32 Å². The Kier molecular flexibility index (Phi) is 6.32. The van der Waals surface area contributed by atoms with Crippen molar-refractivity contribution in [3.63, 3.8) is 0 Å². The summed E-state index contributed by atoms with van der Waals surface area (Å²) in [7, 11) is 0. The lowest BCUT2D eigenvalue weighted by Gasteiger charge is -2.28. The van der Waals surface area contributed by atoms with Gasteiger partial charge in [-0.2, -0.15) is 0 Å². The van der Waals surface area contributed by atoms with Crippen LogP contribution >= 0.6 is 0 Å². The standard InChI is InChI=1S/C16H27NO2/c1-5-16(4,12-18)11-17-13(3)14-7-9-15(10-8-14)19-6-2/h7-10,13,17-18H,5-6,11-12H2,1-4H3. The van der Waals surface area contributed by atoms with Gasteiger partial charge in [-0.3, -0.25) is 0 Å². The number of ether oxygens (including phenoxy) is 1. The molecule has 1 aromatic carbocycles. The molecule has 0 aliphatic rings. The molecule has 2 N–H and O–H groups in total. The first kappa shape index (κ1) is 16.0. The highest BCUT2D eigenvalue weighted by Gasteiger charge is 2.21. The molecule has 0 bridgehead atoms. The quantitative estimate of drug-likeness (QED) is 0.758. The summed E-state index contributed by atoms with van der Waals surface area (Å²) in [6.07, 6.45) is 0.965. The highest BCUT2D eigenvalue weighted by atomic mass is 16.5. The van der Waals surface area contributed by atoms with Crippen LogP contribution in [-0.4, -0.2) is 24.9 Å². The van der Waals surface area contributed by atoms with Crippen molar-refractivity contribution in [3.05, 3.63) is 29.8 Å². The van der Waals surface area contributed by atoms with Gasteiger partial charge in [0.1, 0.15) is 5.75 Å². The van der Waals surface area contributed by atoms with E-state index in [0.29, 0.717) is 6.61 Å². The molecule has 0 amide bonds. The van der Waals surface area contributed by atoms with Crippen LogP contribution in [0.25, 0.3) is 0 Å². The second-order valence-electron chi connectivity index (χ2n) is 5.43. The van der Waals surface area contributed by atoms with Crippen LogP contribution in [0.15, 0.2) is 24.3 Å². The summed E-state index contributed by atoms with van der Waals surface area (Å²) in [4.78, 5) is 0. The molecule has 1 aromatic rings. The lowest BCUT2D eigenvalue weighted by Crippen LogP contribution is -2.35. The van der Waals surface area contributed by atoms with Crippen LogP contribution in [0.1, 0.15) is 45.7 Å². The summed E-state index contributed by atoms with van der Waals surface area (Å²) >= 11 is 0. The molecule has 1 rings (SSSR count). The molecule has 19 heavy (non-hydrogen) atoms. The van der Waals surface area contributed by atoms with Gasteiger partial charge in [-0.15, -0.1) is 0 Å². The Balaban J connectivity index is 2.55. The van der Waals surface area contributed by atoms with Crippen molar-refractivity contribution in [2.45, 2.75) is 40.2 Å². The monoisotopic (exact) mass is 265 g/mol. The van der Waals surface area contributed by atoms with E-state index in [-0.39, 0.29) is 18.1 Å². The molecule has 0 radical (unpaired) electrons. The van der Waals surface area contributed by atoms with Gasteiger partial charge in [-0.25, -0.2) is 0 Å². The number of aliphatic hydroxyl groups is 1. The molecule has 0 aromatic heterocycles. The van der Waals surface area contributed by atoms with E-state index in [1.165, 1.54) is 5.56 Å². The lowest BCUT2D eigenvalue weighted by atomic mass is 9.88. The van der Waals surface area contributed by atoms with Crippen LogP contribution in [-0.2, 0) is 0 Å². The Hall–Kier alpha value is -1.06. The van der Waals surface area contributed by atoms with E-state index in [1.807, 2.05) is 19.1 Å². The van der Waals surface area contributed by atoms with E-state index >= 15 is 0 Å². The Morgan fingerprint density at radius 2 is 1.89 bits per heavy atom. The Morgan fingerprint density at radius 1 is 1.26 bits per heavy atom. The number of rotatable bonds is 8. The van der Waals surface area contributed by atoms with Gasteiger partial charge in [0.05, 0.1) is 6.61 Å². The molecule has 0 fully saturated rings. The van der Waals surface area contributed by atoms with Crippen LogP contribution in [0.3, 0.4) is 0 Å². The minimum atomic E-state index is -0.0421. The average Bonchev–Trinajstić information content (AvgIpc) is 2.45. The molecule has 3 heteroatoms. The van der Waals surface area contributed by atoms with Gasteiger partial charge in [-0.1, -0.05) is 26.0 Å². The van der Waals surface area contributed by atoms with Gasteiger partial charge in [-0.05, 0) is 38.0 Å². The van der Waals surface area contributed by atoms with Gasteiger partial charge in [0.15, 0.2) is 0 Å². The molecule has 0 aliphatic heterocycles. The van der Waals surface area contributed by atoms with Crippen LogP contribution in [0.2, 0.25) is 0 Å². The number of hydrogen-bond acceptors (Lipinski definition) is 3. The summed E-state index contributed by atoms with van der Waals surface area (Å²) in [5.41, 5.74) is 1.19. The highest BCUT2D eigenvalue weighted by Crippen LogP contribution is 2.22. The van der Waals surface area contributed by atoms with Gasteiger partial charge in [0.2, 0.25) is 0 Å². The number of aliphatic hydroxyl groups excluding tert-OH is 1. The minimum Gasteiger partial charge on any atom is -0.494 e. The second-order valence-corrected chi connectivity index (χ2v) is 5.43. The van der Waals surface area contributed by atoms with Crippen molar-refractivity contribution in [2.24, 2.45) is 5.41 Å². The second kappa shape index (κ2) is 7.51. The summed E-state index contributed by atoms with van der Waals surface area (Å²) in [6, 6.07) is 8.45. The van der Waals surface area contributed by atoms with Crippen molar-refractivity contribution >= 4 is 0 Å². The van der Waals surface area contributed by atoms with Crippen molar-refractivity contribution in [1.29, 1.82) is 0 Å². The van der Waals surface area contributed by atoms with Crippen LogP contribution < -0.4 is 10.1 Å². The third kappa shape index (κ3) is 4.84. The topological polar surface area (TPSA) is 41.5 Å². The molecule has 2 unspecified atom stereocenters. The fourth-order valence-electron chi connectivity index (χ4n) is 1.83. The molecule has 3 nitrogen and oxygen atoms in total. The first-order valence-electron chi connectivity index (χ1n) is 7.11. The van der Waals surface area contributed by atoms with Crippen molar-refractivity contribution in [2.75, 3.05) is 19.8 Å². The molecule has 2 atom stereocenters. The third-order valence-corrected chi connectivity index (χ3v) is 3.76. The van der Waals surface area contributed by atoms with Crippen LogP contribution in [0.5, 0.6) is 5.75 Å². The Bertz CT molecular complexity index is 358. The minimum absolute atomic E-state index is 0.0421. The van der Waals surface area contributed by atoms with E-state index in [9.17, 15) is 5.11 Å². The molecular formula is C16H27NO2. The maximum absolute atomic E-state index is 9.41. The fourth-order valence-corrected chi connectivity index (χ4v) is 1.83. The molecule has 0 heterocycles. The SMILES string of the molecule is CCOc1ccc(C(C)NCC(C)(CC)CO)cc1. The number of benzene rings is 1. The Labute approximate surface area is 117 Å². The molecule has 108 valence electrons. The molecule has 0 saturated carbocycles. The zero-order valence-corrected chi connectivity index (χ0v) is 12.6. The van der Waals surface area contributed by atoms with Crippen molar-refractivity contribution < 1.29 is 9.84 Å². The largest absolute Gasteiger partial charge is 0.494 e. The van der Waals surface area contributed by atoms with Crippen LogP contribution in [0, 0.1) is 5.41 Å².